The SMILES string of the molecule is CC1=C2C(OP(P(P)P)P(PP)P(P)P)C[C@@H](C)C(=O)C(OPP)C(CC1OP(P(P)P(P)P)P(P(P)P)P(P)P)C2(C)C. The van der Waals surface area contributed by atoms with Gasteiger partial charge in [0.2, 0.25) is 0 Å². The van der Waals surface area contributed by atoms with Crippen LogP contribution in [0.25, 0.3) is 0 Å². The van der Waals surface area contributed by atoms with E-state index in [1.165, 1.54) is 11.1 Å². The lowest BCUT2D eigenvalue weighted by atomic mass is 9.58. The van der Waals surface area contributed by atoms with E-state index in [4.69, 9.17) is 13.6 Å². The molecule has 0 N–H and O–H groups in total. The molecule has 2 aliphatic carbocycles. The molecule has 44 heavy (non-hydrogen) atoms. The fourth-order valence-corrected chi connectivity index (χ4v) is 168. The standard InChI is InChI=1S/C15H49O4P25/c1-7-5-11(19-35(37(22)23)43(34-21)39(26)27)12-8(2)10(6-9(15(12,3)4)14(13(7)16)17-33-20)18-36(42(32)38(24)25)44(40(28)29)41(30)31/h7,9-11,14,33-34H,5-6,20-32H2,1-4H3/t7-,9?,10?,11?,14?,35?,36?,42?,43?/m1/s1. The third-order valence-corrected chi connectivity index (χ3v) is 126. The van der Waals surface area contributed by atoms with Gasteiger partial charge in [-0.25, -0.2) is 0 Å². The fraction of sp³-hybridized carbons (Fsp3) is 0.800. The molecule has 4 nitrogen and oxygen atoms in total. The van der Waals surface area contributed by atoms with E-state index in [0.717, 1.165) is 14.4 Å². The predicted octanol–water partition coefficient (Wildman–Crippen LogP) is 16.5. The predicted molar refractivity (Wildman–Crippen MR) is 280 cm³/mol. The average Bonchev–Trinajstić information content (AvgIpc) is 2.90. The molecule has 2 rings (SSSR count). The minimum Gasteiger partial charge on any atom is -0.347 e. The Morgan fingerprint density at radius 1 is 0.773 bits per heavy atom. The van der Waals surface area contributed by atoms with E-state index in [1.807, 2.05) is 0 Å². The number of rotatable bonds is 15. The average molecular weight is 1070 g/mol. The highest BCUT2D eigenvalue weighted by Gasteiger charge is 2.54. The number of fused-ring (bicyclic) bond motifs is 2. The first-order chi connectivity index (χ1) is 20.3. The Morgan fingerprint density at radius 2 is 1.32 bits per heavy atom. The summed E-state index contributed by atoms with van der Waals surface area (Å²) in [6, 6.07) is 0. The lowest BCUT2D eigenvalue weighted by molar-refractivity contribution is -0.136. The van der Waals surface area contributed by atoms with Crippen LogP contribution in [0, 0.1) is 17.3 Å². The second-order valence-electron chi connectivity index (χ2n) is 10.5. The van der Waals surface area contributed by atoms with Crippen molar-refractivity contribution >= 4 is 209 Å². The summed E-state index contributed by atoms with van der Waals surface area (Å²) in [7, 11) is 39.7. The van der Waals surface area contributed by atoms with E-state index in [1.54, 1.807) is 0 Å². The third-order valence-electron chi connectivity index (χ3n) is 7.33. The molecule has 0 aromatic carbocycles. The van der Waals surface area contributed by atoms with E-state index in [-0.39, 0.29) is 92.7 Å². The molecule has 2 bridgehead atoms. The highest BCUT2D eigenvalue weighted by atomic mass is 33.2. The minimum atomic E-state index is -0.673. The number of carbonyl (C=O) groups is 1. The van der Waals surface area contributed by atoms with Crippen molar-refractivity contribution in [1.82, 2.24) is 0 Å². The highest BCUT2D eigenvalue weighted by molar-refractivity contribution is 9.19. The molecule has 29 heteroatoms. The number of ketones is 1. The third kappa shape index (κ3) is 13.8. The van der Waals surface area contributed by atoms with Crippen LogP contribution in [0.15, 0.2) is 11.1 Å². The summed E-state index contributed by atoms with van der Waals surface area (Å²) >= 11 is 0. The van der Waals surface area contributed by atoms with Gasteiger partial charge in [0.05, 0.1) is 27.3 Å². The van der Waals surface area contributed by atoms with Gasteiger partial charge in [0.1, 0.15) is 6.10 Å². The smallest absolute Gasteiger partial charge is 0.165 e. The van der Waals surface area contributed by atoms with Gasteiger partial charge in [0.15, 0.2) is 5.78 Å². The lowest BCUT2D eigenvalue weighted by Crippen LogP contribution is -2.52. The Bertz CT molecular complexity index is 958. The Hall–Kier alpha value is 10.0. The van der Waals surface area contributed by atoms with Crippen LogP contribution in [-0.2, 0) is 18.4 Å². The summed E-state index contributed by atoms with van der Waals surface area (Å²) < 4.78 is 21.3. The lowest BCUT2D eigenvalue weighted by Gasteiger charge is -2.52. The Labute approximate surface area is 312 Å². The first-order valence-electron chi connectivity index (χ1n) is 12.7. The number of carbonyl (C=O) groups excluding carboxylic acids is 1. The summed E-state index contributed by atoms with van der Waals surface area (Å²) in [4.78, 5) is 14.2. The van der Waals surface area contributed by atoms with Gasteiger partial charge in [-0.3, -0.25) is 4.79 Å². The summed E-state index contributed by atoms with van der Waals surface area (Å²) in [5.74, 6) is 0.133. The van der Waals surface area contributed by atoms with Gasteiger partial charge in [0, 0.05) is 41.3 Å². The topological polar surface area (TPSA) is 44.8 Å². The van der Waals surface area contributed by atoms with Crippen LogP contribution in [0.5, 0.6) is 0 Å². The Morgan fingerprint density at radius 3 is 1.75 bits per heavy atom. The Balaban J connectivity index is 2.80. The molecule has 0 aliphatic heterocycles. The summed E-state index contributed by atoms with van der Waals surface area (Å²) in [6.07, 6.45) is 0.936. The van der Waals surface area contributed by atoms with Crippen molar-refractivity contribution in [2.75, 3.05) is 0 Å². The van der Waals surface area contributed by atoms with Crippen molar-refractivity contribution in [3.63, 3.8) is 0 Å². The molecule has 0 heterocycles. The quantitative estimate of drug-likeness (QED) is 0.121. The van der Waals surface area contributed by atoms with E-state index < -0.39 is 28.1 Å². The van der Waals surface area contributed by atoms with E-state index in [9.17, 15) is 4.79 Å². The molecule has 0 aromatic heterocycles. The minimum absolute atomic E-state index is 0.0281. The van der Waals surface area contributed by atoms with Crippen LogP contribution in [0.1, 0.15) is 40.5 Å². The van der Waals surface area contributed by atoms with Crippen molar-refractivity contribution < 1.29 is 18.4 Å². The maximum atomic E-state index is 14.2. The maximum Gasteiger partial charge on any atom is 0.165 e. The molecule has 0 radical (unpaired) electrons. The largest absolute Gasteiger partial charge is 0.347 e. The van der Waals surface area contributed by atoms with Crippen LogP contribution in [0.3, 0.4) is 0 Å². The number of hydrogen-bond donors (Lipinski definition) is 0. The number of hydrogen-bond acceptors (Lipinski definition) is 4. The normalized spacial score (nSPS) is 29.7. The molecule has 258 valence electrons. The van der Waals surface area contributed by atoms with Gasteiger partial charge < -0.3 is 13.6 Å². The Kier molecular flexibility index (Phi) is 27.6. The van der Waals surface area contributed by atoms with Crippen molar-refractivity contribution in [2.24, 2.45) is 17.3 Å². The molecule has 2 aliphatic rings. The first kappa shape index (κ1) is 50.2. The molecule has 1 saturated carbocycles. The van der Waals surface area contributed by atoms with Gasteiger partial charge in [-0.1, -0.05) is 46.6 Å². The van der Waals surface area contributed by atoms with Crippen LogP contribution >= 0.6 is 203 Å². The van der Waals surface area contributed by atoms with Crippen LogP contribution < -0.4 is 0 Å². The maximum absolute atomic E-state index is 14.2. The summed E-state index contributed by atoms with van der Waals surface area (Å²) in [6.45, 7) is 6.55. The number of Topliss-reactive ketones (excluding diaryl/α,β-unsaturated/α-hetero) is 1. The van der Waals surface area contributed by atoms with Crippen molar-refractivity contribution in [3.8, 4) is 0 Å². The fourth-order valence-electron chi connectivity index (χ4n) is 5.41. The molecule has 24 atom stereocenters. The van der Waals surface area contributed by atoms with E-state index in [0.29, 0.717) is 6.42 Å². The van der Waals surface area contributed by atoms with Crippen molar-refractivity contribution in [2.45, 2.75) is 58.8 Å². The van der Waals surface area contributed by atoms with E-state index in [2.05, 4.69) is 144 Å². The second kappa shape index (κ2) is 24.2. The van der Waals surface area contributed by atoms with Gasteiger partial charge in [-0.15, -0.1) is 98.2 Å². The molecule has 0 aromatic rings. The molecule has 0 spiro atoms. The molecule has 23 unspecified atom stereocenters. The zero-order chi connectivity index (χ0) is 33.8. The van der Waals surface area contributed by atoms with Crippen molar-refractivity contribution in [3.05, 3.63) is 11.1 Å². The monoisotopic (exact) mass is 1070 g/mol. The summed E-state index contributed by atoms with van der Waals surface area (Å²) in [5, 5.41) is 0. The van der Waals surface area contributed by atoms with E-state index >= 15 is 0 Å². The van der Waals surface area contributed by atoms with Crippen LogP contribution in [-0.4, -0.2) is 24.1 Å². The molecular formula is C15H49O4P25. The second-order valence-corrected chi connectivity index (χ2v) is 94.9. The molecular weight excluding hydrogens is 1020 g/mol. The van der Waals surface area contributed by atoms with Crippen LogP contribution in [0.2, 0.25) is 0 Å². The van der Waals surface area contributed by atoms with Crippen molar-refractivity contribution in [1.29, 1.82) is 0 Å². The molecule has 1 fully saturated rings. The molecule has 0 amide bonds. The molecule has 0 saturated heterocycles. The van der Waals surface area contributed by atoms with Gasteiger partial charge in [-0.2, -0.15) is 0 Å². The van der Waals surface area contributed by atoms with Gasteiger partial charge >= 0.3 is 0 Å². The first-order valence-corrected chi connectivity index (χ1v) is 55.8. The van der Waals surface area contributed by atoms with Gasteiger partial charge in [-0.05, 0) is 71.3 Å². The summed E-state index contributed by atoms with van der Waals surface area (Å²) in [5.41, 5.74) is 2.47. The zero-order valence-corrected chi connectivity index (χ0v) is 50.9. The zero-order valence-electron chi connectivity index (χ0n) is 24.9. The highest BCUT2D eigenvalue weighted by Crippen LogP contribution is 3.18. The van der Waals surface area contributed by atoms with Gasteiger partial charge in [0.25, 0.3) is 0 Å². The van der Waals surface area contributed by atoms with Crippen LogP contribution in [0.4, 0.5) is 0 Å².